The van der Waals surface area contributed by atoms with E-state index in [9.17, 15) is 0 Å². The Morgan fingerprint density at radius 2 is 2.45 bits per heavy atom. The van der Waals surface area contributed by atoms with Gasteiger partial charge in [0.15, 0.2) is 0 Å². The minimum Gasteiger partial charge on any atom is -0.243 e. The Labute approximate surface area is 70.4 Å². The number of halogens is 1. The van der Waals surface area contributed by atoms with E-state index >= 15 is 0 Å². The Morgan fingerprint density at radius 1 is 1.73 bits per heavy atom. The van der Waals surface area contributed by atoms with Crippen molar-refractivity contribution in [2.45, 2.75) is 13.3 Å². The van der Waals surface area contributed by atoms with Crippen LogP contribution in [0.25, 0.3) is 0 Å². The Hall–Kier alpha value is -1.07. The first-order valence-electron chi connectivity index (χ1n) is 3.32. The maximum Gasteiger partial charge on any atom is 0.132 e. The second-order valence-corrected chi connectivity index (χ2v) is 2.50. The van der Waals surface area contributed by atoms with Crippen molar-refractivity contribution in [2.24, 2.45) is 0 Å². The van der Waals surface area contributed by atoms with E-state index in [0.29, 0.717) is 10.7 Å². The number of hydrogen-bond donors (Lipinski definition) is 0. The van der Waals surface area contributed by atoms with Crippen molar-refractivity contribution in [1.82, 2.24) is 4.98 Å². The fourth-order valence-corrected chi connectivity index (χ4v) is 1.04. The van der Waals surface area contributed by atoms with Gasteiger partial charge >= 0.3 is 0 Å². The summed E-state index contributed by atoms with van der Waals surface area (Å²) in [6.07, 6.45) is 2.28. The van der Waals surface area contributed by atoms with Gasteiger partial charge in [0.05, 0.1) is 5.56 Å². The van der Waals surface area contributed by atoms with E-state index in [1.165, 1.54) is 6.20 Å². The second-order valence-electron chi connectivity index (χ2n) is 2.14. The Balaban J connectivity index is 3.15. The van der Waals surface area contributed by atoms with Crippen molar-refractivity contribution in [3.8, 4) is 6.07 Å². The van der Waals surface area contributed by atoms with Gasteiger partial charge in [-0.2, -0.15) is 5.26 Å². The lowest BCUT2D eigenvalue weighted by atomic mass is 10.2. The molecule has 0 atom stereocenters. The van der Waals surface area contributed by atoms with Gasteiger partial charge in [0.25, 0.3) is 0 Å². The van der Waals surface area contributed by atoms with Crippen molar-refractivity contribution in [1.29, 1.82) is 5.26 Å². The van der Waals surface area contributed by atoms with Crippen LogP contribution in [0, 0.1) is 11.3 Å². The van der Waals surface area contributed by atoms with Crippen LogP contribution < -0.4 is 0 Å². The highest BCUT2D eigenvalue weighted by molar-refractivity contribution is 6.30. The number of hydrogen-bond acceptors (Lipinski definition) is 2. The third-order valence-corrected chi connectivity index (χ3v) is 1.76. The van der Waals surface area contributed by atoms with Gasteiger partial charge in [0.1, 0.15) is 11.2 Å². The summed E-state index contributed by atoms with van der Waals surface area (Å²) >= 11 is 5.73. The van der Waals surface area contributed by atoms with Gasteiger partial charge in [0.2, 0.25) is 0 Å². The summed E-state index contributed by atoms with van der Waals surface area (Å²) in [6, 6.07) is 3.77. The highest BCUT2D eigenvalue weighted by Crippen LogP contribution is 2.13. The topological polar surface area (TPSA) is 36.7 Å². The van der Waals surface area contributed by atoms with E-state index in [1.807, 2.05) is 13.0 Å². The lowest BCUT2D eigenvalue weighted by Crippen LogP contribution is -1.87. The molecule has 0 aliphatic heterocycles. The van der Waals surface area contributed by atoms with Crippen molar-refractivity contribution < 1.29 is 0 Å². The Kier molecular flexibility index (Phi) is 2.45. The molecule has 1 rings (SSSR count). The molecule has 0 bridgehead atoms. The summed E-state index contributed by atoms with van der Waals surface area (Å²) in [5, 5.41) is 9.01. The maximum absolute atomic E-state index is 8.52. The molecule has 11 heavy (non-hydrogen) atoms. The molecule has 3 heteroatoms. The zero-order chi connectivity index (χ0) is 8.27. The van der Waals surface area contributed by atoms with Crippen LogP contribution in [0.5, 0.6) is 0 Å². The zero-order valence-corrected chi connectivity index (χ0v) is 6.89. The lowest BCUT2D eigenvalue weighted by molar-refractivity contribution is 1.10. The van der Waals surface area contributed by atoms with Crippen molar-refractivity contribution in [3.63, 3.8) is 0 Å². The molecule has 1 heterocycles. The second kappa shape index (κ2) is 3.36. The zero-order valence-electron chi connectivity index (χ0n) is 6.13. The molecule has 0 unspecified atom stereocenters. The molecule has 0 fully saturated rings. The summed E-state index contributed by atoms with van der Waals surface area (Å²) in [4.78, 5) is 3.86. The van der Waals surface area contributed by atoms with Gasteiger partial charge < -0.3 is 0 Å². The predicted molar refractivity (Wildman–Crippen MR) is 43.3 cm³/mol. The van der Waals surface area contributed by atoms with E-state index < -0.39 is 0 Å². The molecule has 0 amide bonds. The average molecular weight is 167 g/mol. The number of aryl methyl sites for hydroxylation is 1. The first-order valence-corrected chi connectivity index (χ1v) is 3.70. The summed E-state index contributed by atoms with van der Waals surface area (Å²) in [7, 11) is 0. The van der Waals surface area contributed by atoms with Crippen LogP contribution in [-0.2, 0) is 6.42 Å². The number of nitriles is 1. The number of nitrogens with zero attached hydrogens (tertiary/aromatic N) is 2. The molecular formula is C8H7ClN2. The van der Waals surface area contributed by atoms with Crippen LogP contribution in [0.3, 0.4) is 0 Å². The lowest BCUT2D eigenvalue weighted by Gasteiger charge is -1.97. The normalized spacial score (nSPS) is 9.18. The SMILES string of the molecule is CCc1cc(C#N)cnc1Cl. The molecule has 0 saturated heterocycles. The van der Waals surface area contributed by atoms with Gasteiger partial charge in [-0.15, -0.1) is 0 Å². The number of pyridine rings is 1. The molecule has 1 aromatic heterocycles. The fraction of sp³-hybridized carbons (Fsp3) is 0.250. The Morgan fingerprint density at radius 3 is 3.00 bits per heavy atom. The summed E-state index contributed by atoms with van der Waals surface area (Å²) in [5.74, 6) is 0. The maximum atomic E-state index is 8.52. The first kappa shape index (κ1) is 8.03. The van der Waals surface area contributed by atoms with Gasteiger partial charge in [-0.1, -0.05) is 18.5 Å². The van der Waals surface area contributed by atoms with E-state index in [-0.39, 0.29) is 0 Å². The number of rotatable bonds is 1. The first-order chi connectivity index (χ1) is 5.27. The van der Waals surface area contributed by atoms with Crippen LogP contribution >= 0.6 is 11.6 Å². The van der Waals surface area contributed by atoms with Crippen molar-refractivity contribution >= 4 is 11.6 Å². The molecule has 56 valence electrons. The monoisotopic (exact) mass is 166 g/mol. The molecule has 0 aliphatic rings. The smallest absolute Gasteiger partial charge is 0.132 e. The minimum atomic E-state index is 0.492. The standard InChI is InChI=1S/C8H7ClN2/c1-2-7-3-6(4-10)5-11-8(7)9/h3,5H,2H2,1H3. The molecular weight excluding hydrogens is 160 g/mol. The molecule has 0 spiro atoms. The summed E-state index contributed by atoms with van der Waals surface area (Å²) < 4.78 is 0. The van der Waals surface area contributed by atoms with E-state index in [1.54, 1.807) is 6.07 Å². The largest absolute Gasteiger partial charge is 0.243 e. The van der Waals surface area contributed by atoms with Gasteiger partial charge in [-0.05, 0) is 18.1 Å². The van der Waals surface area contributed by atoms with Crippen LogP contribution in [0.1, 0.15) is 18.1 Å². The third-order valence-electron chi connectivity index (χ3n) is 1.42. The summed E-state index contributed by atoms with van der Waals surface area (Å²) in [6.45, 7) is 1.98. The summed E-state index contributed by atoms with van der Waals surface area (Å²) in [5.41, 5.74) is 1.48. The van der Waals surface area contributed by atoms with Crippen LogP contribution in [0.15, 0.2) is 12.3 Å². The van der Waals surface area contributed by atoms with E-state index in [0.717, 1.165) is 12.0 Å². The van der Waals surface area contributed by atoms with Crippen molar-refractivity contribution in [2.75, 3.05) is 0 Å². The molecule has 0 aliphatic carbocycles. The molecule has 0 radical (unpaired) electrons. The molecule has 0 aromatic carbocycles. The highest BCUT2D eigenvalue weighted by Gasteiger charge is 1.99. The van der Waals surface area contributed by atoms with Crippen LogP contribution in [-0.4, -0.2) is 4.98 Å². The van der Waals surface area contributed by atoms with Crippen LogP contribution in [0.2, 0.25) is 5.15 Å². The minimum absolute atomic E-state index is 0.492. The van der Waals surface area contributed by atoms with E-state index in [2.05, 4.69) is 4.98 Å². The molecule has 0 N–H and O–H groups in total. The highest BCUT2D eigenvalue weighted by atomic mass is 35.5. The average Bonchev–Trinajstić information content (AvgIpc) is 2.05. The van der Waals surface area contributed by atoms with Crippen molar-refractivity contribution in [3.05, 3.63) is 28.5 Å². The Bertz CT molecular complexity index is 301. The molecule has 0 saturated carbocycles. The third kappa shape index (κ3) is 1.69. The number of aromatic nitrogens is 1. The van der Waals surface area contributed by atoms with Gasteiger partial charge in [0, 0.05) is 6.20 Å². The van der Waals surface area contributed by atoms with E-state index in [4.69, 9.17) is 16.9 Å². The fourth-order valence-electron chi connectivity index (χ4n) is 0.803. The van der Waals surface area contributed by atoms with Crippen LogP contribution in [0.4, 0.5) is 0 Å². The molecule has 1 aromatic rings. The van der Waals surface area contributed by atoms with Gasteiger partial charge in [-0.25, -0.2) is 4.98 Å². The predicted octanol–water partition coefficient (Wildman–Crippen LogP) is 2.17. The van der Waals surface area contributed by atoms with Gasteiger partial charge in [-0.3, -0.25) is 0 Å². The quantitative estimate of drug-likeness (QED) is 0.600. The molecule has 2 nitrogen and oxygen atoms in total.